The monoisotopic (exact) mass is 313 g/mol. The highest BCUT2D eigenvalue weighted by atomic mass is 32.2. The number of hydrogen-bond acceptors (Lipinski definition) is 3. The number of nitrogens with zero attached hydrogens (tertiary/aromatic N) is 2. The van der Waals surface area contributed by atoms with Gasteiger partial charge < -0.3 is 0 Å². The number of fused-ring (bicyclic) bond motifs is 2. The first-order chi connectivity index (χ1) is 10.7. The molecule has 22 heavy (non-hydrogen) atoms. The average molecular weight is 313 g/mol. The van der Waals surface area contributed by atoms with Gasteiger partial charge in [-0.15, -0.1) is 5.10 Å². The molecule has 0 radical (unpaired) electrons. The number of allylic oxidation sites excluding steroid dienone is 2. The third kappa shape index (κ3) is 2.43. The maximum absolute atomic E-state index is 12.2. The highest BCUT2D eigenvalue weighted by Gasteiger charge is 2.38. The summed E-state index contributed by atoms with van der Waals surface area (Å²) >= 11 is 1.64. The number of aromatic amines is 1. The number of aromatic nitrogens is 3. The van der Waals surface area contributed by atoms with Crippen molar-refractivity contribution >= 4 is 11.8 Å². The van der Waals surface area contributed by atoms with Gasteiger partial charge in [-0.2, -0.15) is 0 Å². The first-order valence-electron chi connectivity index (χ1n) is 7.74. The summed E-state index contributed by atoms with van der Waals surface area (Å²) in [6, 6.07) is 8.79. The zero-order chi connectivity index (χ0) is 15.1. The molecule has 4 nitrogen and oxygen atoms in total. The molecule has 1 saturated carbocycles. The van der Waals surface area contributed by atoms with Crippen LogP contribution in [0.25, 0.3) is 0 Å². The van der Waals surface area contributed by atoms with Crippen molar-refractivity contribution in [2.45, 2.75) is 36.7 Å². The Balaban J connectivity index is 1.54. The van der Waals surface area contributed by atoms with Gasteiger partial charge in [-0.05, 0) is 37.2 Å². The summed E-state index contributed by atoms with van der Waals surface area (Å²) in [7, 11) is 0. The lowest BCUT2D eigenvalue weighted by atomic mass is 10.0. The van der Waals surface area contributed by atoms with Gasteiger partial charge in [0.15, 0.2) is 5.16 Å². The molecule has 1 heterocycles. The maximum atomic E-state index is 12.2. The lowest BCUT2D eigenvalue weighted by Gasteiger charge is -2.20. The lowest BCUT2D eigenvalue weighted by molar-refractivity contribution is 0.396. The Bertz CT molecular complexity index is 759. The fraction of sp³-hybridized carbons (Fsp3) is 0.412. The summed E-state index contributed by atoms with van der Waals surface area (Å²) in [5.74, 6) is 1.98. The molecular formula is C17H19N3OS. The van der Waals surface area contributed by atoms with Crippen LogP contribution in [0.15, 0.2) is 46.4 Å². The van der Waals surface area contributed by atoms with Gasteiger partial charge in [0.25, 0.3) is 0 Å². The number of thioether (sulfide) groups is 1. The van der Waals surface area contributed by atoms with E-state index in [0.29, 0.717) is 11.8 Å². The SMILES string of the molecule is Cc1ccc(CSc2n[nH]c(=O)n2[C@H]2C[C@H]3C=C[C@@H]2C3)cc1. The molecule has 5 heteroatoms. The molecule has 1 N–H and O–H groups in total. The molecule has 0 spiro atoms. The van der Waals surface area contributed by atoms with Crippen LogP contribution in [0.3, 0.4) is 0 Å². The van der Waals surface area contributed by atoms with Crippen molar-refractivity contribution in [2.24, 2.45) is 11.8 Å². The van der Waals surface area contributed by atoms with Crippen molar-refractivity contribution in [3.05, 3.63) is 58.0 Å². The van der Waals surface area contributed by atoms with Gasteiger partial charge >= 0.3 is 5.69 Å². The predicted octanol–water partition coefficient (Wildman–Crippen LogP) is 3.31. The zero-order valence-electron chi connectivity index (χ0n) is 12.5. The molecule has 0 unspecified atom stereocenters. The van der Waals surface area contributed by atoms with Crippen LogP contribution < -0.4 is 5.69 Å². The number of hydrogen-bond donors (Lipinski definition) is 1. The molecule has 2 bridgehead atoms. The van der Waals surface area contributed by atoms with Gasteiger partial charge in [0.05, 0.1) is 0 Å². The van der Waals surface area contributed by atoms with Gasteiger partial charge in [0.1, 0.15) is 0 Å². The topological polar surface area (TPSA) is 50.7 Å². The van der Waals surface area contributed by atoms with E-state index in [2.05, 4.69) is 53.5 Å². The Labute approximate surface area is 133 Å². The predicted molar refractivity (Wildman–Crippen MR) is 88.0 cm³/mol. The van der Waals surface area contributed by atoms with E-state index in [-0.39, 0.29) is 11.7 Å². The van der Waals surface area contributed by atoms with Crippen molar-refractivity contribution in [1.82, 2.24) is 14.8 Å². The smallest absolute Gasteiger partial charge is 0.266 e. The van der Waals surface area contributed by atoms with Crippen molar-refractivity contribution < 1.29 is 0 Å². The minimum atomic E-state index is -0.0719. The zero-order valence-corrected chi connectivity index (χ0v) is 13.3. The molecule has 1 aromatic carbocycles. The molecule has 114 valence electrons. The summed E-state index contributed by atoms with van der Waals surface area (Å²) < 4.78 is 1.88. The first-order valence-corrected chi connectivity index (χ1v) is 8.73. The van der Waals surface area contributed by atoms with Crippen LogP contribution in [0.4, 0.5) is 0 Å². The van der Waals surface area contributed by atoms with Crippen molar-refractivity contribution in [2.75, 3.05) is 0 Å². The van der Waals surface area contributed by atoms with Gasteiger partial charge in [0.2, 0.25) is 0 Å². The summed E-state index contributed by atoms with van der Waals surface area (Å²) in [6.45, 7) is 2.09. The highest BCUT2D eigenvalue weighted by molar-refractivity contribution is 7.98. The second-order valence-corrected chi connectivity index (χ2v) is 7.25. The third-order valence-corrected chi connectivity index (χ3v) is 5.76. The summed E-state index contributed by atoms with van der Waals surface area (Å²) in [6.07, 6.45) is 6.82. The Kier molecular flexibility index (Phi) is 3.45. The van der Waals surface area contributed by atoms with E-state index in [9.17, 15) is 4.79 Å². The summed E-state index contributed by atoms with van der Waals surface area (Å²) in [5, 5.41) is 7.69. The average Bonchev–Trinajstić information content (AvgIpc) is 3.22. The van der Waals surface area contributed by atoms with Crippen LogP contribution >= 0.6 is 11.8 Å². The first kappa shape index (κ1) is 13.9. The lowest BCUT2D eigenvalue weighted by Crippen LogP contribution is -2.25. The molecule has 2 aliphatic rings. The number of H-pyrrole nitrogens is 1. The Morgan fingerprint density at radius 1 is 1.27 bits per heavy atom. The maximum Gasteiger partial charge on any atom is 0.344 e. The van der Waals surface area contributed by atoms with Gasteiger partial charge in [-0.25, -0.2) is 9.89 Å². The molecule has 3 atom stereocenters. The van der Waals surface area contributed by atoms with Crippen molar-refractivity contribution in [3.8, 4) is 0 Å². The number of rotatable bonds is 4. The molecular weight excluding hydrogens is 294 g/mol. The summed E-state index contributed by atoms with van der Waals surface area (Å²) in [5.41, 5.74) is 2.45. The Morgan fingerprint density at radius 2 is 2.09 bits per heavy atom. The van der Waals surface area contributed by atoms with Crippen LogP contribution in [-0.2, 0) is 5.75 Å². The van der Waals surface area contributed by atoms with Crippen LogP contribution in [0.1, 0.15) is 30.0 Å². The quantitative estimate of drug-likeness (QED) is 0.696. The van der Waals surface area contributed by atoms with Crippen LogP contribution in [0.5, 0.6) is 0 Å². The van der Waals surface area contributed by atoms with E-state index in [1.807, 2.05) is 4.57 Å². The Morgan fingerprint density at radius 3 is 2.77 bits per heavy atom. The fourth-order valence-electron chi connectivity index (χ4n) is 3.57. The van der Waals surface area contributed by atoms with E-state index in [1.54, 1.807) is 11.8 Å². The number of nitrogens with one attached hydrogen (secondary N) is 1. The molecule has 4 rings (SSSR count). The number of aryl methyl sites for hydroxylation is 1. The molecule has 2 aromatic rings. The normalized spacial score (nSPS) is 26.0. The minimum Gasteiger partial charge on any atom is -0.266 e. The molecule has 1 fully saturated rings. The molecule has 1 aromatic heterocycles. The van der Waals surface area contributed by atoms with Crippen molar-refractivity contribution in [1.29, 1.82) is 0 Å². The van der Waals surface area contributed by atoms with Crippen LogP contribution in [0.2, 0.25) is 0 Å². The number of benzene rings is 1. The van der Waals surface area contributed by atoms with Crippen LogP contribution in [0, 0.1) is 18.8 Å². The van der Waals surface area contributed by atoms with Gasteiger partial charge in [-0.3, -0.25) is 4.57 Å². The second-order valence-electron chi connectivity index (χ2n) is 6.30. The van der Waals surface area contributed by atoms with Gasteiger partial charge in [0, 0.05) is 11.8 Å². The second kappa shape index (κ2) is 5.47. The molecule has 0 amide bonds. The van der Waals surface area contributed by atoms with E-state index >= 15 is 0 Å². The largest absolute Gasteiger partial charge is 0.344 e. The standard InChI is InChI=1S/C17H19N3OS/c1-11-2-4-12(5-3-11)10-22-17-19-18-16(21)20(17)15-9-13-6-7-14(15)8-13/h2-7,13-15H,8-10H2,1H3,(H,18,21)/t13-,14+,15-/m0/s1. The van der Waals surface area contributed by atoms with Gasteiger partial charge in [-0.1, -0.05) is 53.7 Å². The third-order valence-electron chi connectivity index (χ3n) is 4.74. The van der Waals surface area contributed by atoms with E-state index < -0.39 is 0 Å². The fourth-order valence-corrected chi connectivity index (χ4v) is 4.52. The van der Waals surface area contributed by atoms with E-state index in [1.165, 1.54) is 17.5 Å². The highest BCUT2D eigenvalue weighted by Crippen LogP contribution is 2.46. The molecule has 0 saturated heterocycles. The molecule has 2 aliphatic carbocycles. The minimum absolute atomic E-state index is 0.0719. The summed E-state index contributed by atoms with van der Waals surface area (Å²) in [4.78, 5) is 12.2. The van der Waals surface area contributed by atoms with E-state index in [4.69, 9.17) is 0 Å². The molecule has 0 aliphatic heterocycles. The Hall–Kier alpha value is -1.75. The van der Waals surface area contributed by atoms with Crippen molar-refractivity contribution in [3.63, 3.8) is 0 Å². The van der Waals surface area contributed by atoms with Crippen LogP contribution in [-0.4, -0.2) is 14.8 Å². The van der Waals surface area contributed by atoms with E-state index in [0.717, 1.165) is 17.3 Å².